The Morgan fingerprint density at radius 2 is 1.94 bits per heavy atom. The lowest BCUT2D eigenvalue weighted by Crippen LogP contribution is -2.31. The van der Waals surface area contributed by atoms with Gasteiger partial charge in [0.2, 0.25) is 11.8 Å². The van der Waals surface area contributed by atoms with Gasteiger partial charge in [-0.2, -0.15) is 0 Å². The van der Waals surface area contributed by atoms with Crippen LogP contribution in [0.4, 0.5) is 0 Å². The van der Waals surface area contributed by atoms with Crippen molar-refractivity contribution in [1.29, 1.82) is 0 Å². The molecule has 0 unspecified atom stereocenters. The molecule has 0 atom stereocenters. The number of carbonyl (C=O) groups excluding carboxylic acids is 2. The monoisotopic (exact) mass is 269 g/mol. The highest BCUT2D eigenvalue weighted by Gasteiger charge is 2.28. The first-order valence-electron chi connectivity index (χ1n) is 5.68. The van der Waals surface area contributed by atoms with Gasteiger partial charge in [0.25, 0.3) is 0 Å². The van der Waals surface area contributed by atoms with E-state index in [9.17, 15) is 9.59 Å². The van der Waals surface area contributed by atoms with E-state index < -0.39 is 0 Å². The van der Waals surface area contributed by atoms with Gasteiger partial charge in [0, 0.05) is 32.2 Å². The molecule has 1 aromatic heterocycles. The predicted octanol–water partition coefficient (Wildman–Crippen LogP) is -0.485. The normalized spacial score (nSPS) is 15.8. The largest absolute Gasteiger partial charge is 0.324 e. The highest BCUT2D eigenvalue weighted by Crippen LogP contribution is 2.17. The van der Waals surface area contributed by atoms with Gasteiger partial charge in [-0.1, -0.05) is 11.8 Å². The number of nitrogens with two attached hydrogens (primary N) is 1. The lowest BCUT2D eigenvalue weighted by atomic mass is 10.4. The van der Waals surface area contributed by atoms with Crippen LogP contribution in [0.5, 0.6) is 0 Å². The maximum Gasteiger partial charge on any atom is 0.229 e. The average molecular weight is 269 g/mol. The Kier molecular flexibility index (Phi) is 3.97. The van der Waals surface area contributed by atoms with Gasteiger partial charge in [-0.25, -0.2) is 0 Å². The zero-order valence-electron chi connectivity index (χ0n) is 10.1. The number of imide groups is 1. The number of aromatic nitrogens is 3. The first-order valence-corrected chi connectivity index (χ1v) is 6.66. The van der Waals surface area contributed by atoms with E-state index in [2.05, 4.69) is 10.2 Å². The number of carbonyl (C=O) groups is 2. The Morgan fingerprint density at radius 3 is 2.50 bits per heavy atom. The number of likely N-dealkylation sites (tertiary alicyclic amines) is 1. The average Bonchev–Trinajstić information content (AvgIpc) is 2.86. The van der Waals surface area contributed by atoms with Gasteiger partial charge in [0.15, 0.2) is 5.16 Å². The molecule has 2 N–H and O–H groups in total. The van der Waals surface area contributed by atoms with Crippen LogP contribution in [-0.4, -0.2) is 43.8 Å². The molecule has 98 valence electrons. The first kappa shape index (κ1) is 13.0. The molecular weight excluding hydrogens is 254 g/mol. The second-order valence-electron chi connectivity index (χ2n) is 3.95. The summed E-state index contributed by atoms with van der Waals surface area (Å²) in [5.41, 5.74) is 5.50. The summed E-state index contributed by atoms with van der Waals surface area (Å²) < 4.78 is 1.82. The van der Waals surface area contributed by atoms with Crippen molar-refractivity contribution in [3.8, 4) is 0 Å². The van der Waals surface area contributed by atoms with Gasteiger partial charge in [-0.05, 0) is 0 Å². The van der Waals surface area contributed by atoms with Crippen LogP contribution in [-0.2, 0) is 23.2 Å². The fourth-order valence-electron chi connectivity index (χ4n) is 1.75. The molecule has 0 saturated carbocycles. The molecule has 2 rings (SSSR count). The Balaban J connectivity index is 1.86. The van der Waals surface area contributed by atoms with Crippen molar-refractivity contribution in [1.82, 2.24) is 19.7 Å². The summed E-state index contributed by atoms with van der Waals surface area (Å²) in [4.78, 5) is 24.1. The maximum atomic E-state index is 11.4. The van der Waals surface area contributed by atoms with E-state index in [1.54, 1.807) is 0 Å². The lowest BCUT2D eigenvalue weighted by molar-refractivity contribution is -0.137. The van der Waals surface area contributed by atoms with Crippen molar-refractivity contribution < 1.29 is 9.59 Å². The SMILES string of the molecule is Cn1c(CN)nnc1SCCN1C(=O)CCC1=O. The summed E-state index contributed by atoms with van der Waals surface area (Å²) in [6.45, 7) is 0.764. The number of thioether (sulfide) groups is 1. The van der Waals surface area contributed by atoms with Crippen LogP contribution in [0.3, 0.4) is 0 Å². The molecule has 7 nitrogen and oxygen atoms in total. The van der Waals surface area contributed by atoms with Gasteiger partial charge in [-0.15, -0.1) is 10.2 Å². The molecule has 2 heterocycles. The van der Waals surface area contributed by atoms with Gasteiger partial charge in [0.1, 0.15) is 5.82 Å². The third kappa shape index (κ3) is 2.54. The Hall–Kier alpha value is -1.41. The maximum absolute atomic E-state index is 11.4. The Morgan fingerprint density at radius 1 is 1.28 bits per heavy atom. The summed E-state index contributed by atoms with van der Waals surface area (Å²) in [5, 5.41) is 8.68. The van der Waals surface area contributed by atoms with Crippen LogP contribution in [0, 0.1) is 0 Å². The molecule has 0 aromatic carbocycles. The molecular formula is C10H15N5O2S. The van der Waals surface area contributed by atoms with Crippen molar-refractivity contribution in [3.63, 3.8) is 0 Å². The van der Waals surface area contributed by atoms with Crippen LogP contribution in [0.25, 0.3) is 0 Å². The van der Waals surface area contributed by atoms with Crippen molar-refractivity contribution in [2.45, 2.75) is 24.5 Å². The van der Waals surface area contributed by atoms with E-state index in [0.29, 0.717) is 37.5 Å². The fraction of sp³-hybridized carbons (Fsp3) is 0.600. The van der Waals surface area contributed by atoms with Crippen LogP contribution in [0.1, 0.15) is 18.7 Å². The summed E-state index contributed by atoms with van der Waals surface area (Å²) in [7, 11) is 1.84. The molecule has 1 aromatic rings. The first-order chi connectivity index (χ1) is 8.63. The highest BCUT2D eigenvalue weighted by molar-refractivity contribution is 7.99. The molecule has 0 bridgehead atoms. The molecule has 2 amide bonds. The standard InChI is InChI=1S/C10H15N5O2S/c1-14-7(6-11)12-13-10(14)18-5-4-15-8(16)2-3-9(15)17/h2-6,11H2,1H3. The van der Waals surface area contributed by atoms with Crippen molar-refractivity contribution in [2.24, 2.45) is 12.8 Å². The number of nitrogens with zero attached hydrogens (tertiary/aromatic N) is 4. The van der Waals surface area contributed by atoms with Gasteiger partial charge in [0.05, 0.1) is 6.54 Å². The summed E-state index contributed by atoms with van der Waals surface area (Å²) in [5.74, 6) is 1.17. The molecule has 18 heavy (non-hydrogen) atoms. The number of rotatable bonds is 5. The summed E-state index contributed by atoms with van der Waals surface area (Å²) in [6, 6.07) is 0. The second kappa shape index (κ2) is 5.49. The number of hydrogen-bond donors (Lipinski definition) is 1. The van der Waals surface area contributed by atoms with E-state index in [1.165, 1.54) is 16.7 Å². The number of amides is 2. The van der Waals surface area contributed by atoms with Crippen LogP contribution < -0.4 is 5.73 Å². The van der Waals surface area contributed by atoms with E-state index in [0.717, 1.165) is 5.16 Å². The van der Waals surface area contributed by atoms with E-state index in [-0.39, 0.29) is 11.8 Å². The van der Waals surface area contributed by atoms with Gasteiger partial charge in [-0.3, -0.25) is 14.5 Å². The molecule has 1 saturated heterocycles. The van der Waals surface area contributed by atoms with E-state index in [4.69, 9.17) is 5.73 Å². The molecule has 0 spiro atoms. The molecule has 1 aliphatic heterocycles. The van der Waals surface area contributed by atoms with Crippen LogP contribution in [0.15, 0.2) is 5.16 Å². The molecule has 0 radical (unpaired) electrons. The number of hydrogen-bond acceptors (Lipinski definition) is 6. The Labute approximate surface area is 109 Å². The lowest BCUT2D eigenvalue weighted by Gasteiger charge is -2.12. The fourth-order valence-corrected chi connectivity index (χ4v) is 2.60. The third-order valence-corrected chi connectivity index (χ3v) is 3.81. The minimum absolute atomic E-state index is 0.0822. The van der Waals surface area contributed by atoms with Crippen molar-refractivity contribution in [3.05, 3.63) is 5.82 Å². The van der Waals surface area contributed by atoms with Gasteiger partial charge >= 0.3 is 0 Å². The second-order valence-corrected chi connectivity index (χ2v) is 5.01. The quantitative estimate of drug-likeness (QED) is 0.573. The minimum Gasteiger partial charge on any atom is -0.324 e. The van der Waals surface area contributed by atoms with Crippen molar-refractivity contribution in [2.75, 3.05) is 12.3 Å². The summed E-state index contributed by atoms with van der Waals surface area (Å²) in [6.07, 6.45) is 0.676. The third-order valence-electron chi connectivity index (χ3n) is 2.81. The van der Waals surface area contributed by atoms with E-state index >= 15 is 0 Å². The van der Waals surface area contributed by atoms with Crippen LogP contribution in [0.2, 0.25) is 0 Å². The zero-order valence-corrected chi connectivity index (χ0v) is 10.9. The summed E-state index contributed by atoms with van der Waals surface area (Å²) >= 11 is 1.46. The molecule has 1 aliphatic rings. The minimum atomic E-state index is -0.0822. The molecule has 8 heteroatoms. The van der Waals surface area contributed by atoms with Gasteiger partial charge < -0.3 is 10.3 Å². The predicted molar refractivity (Wildman–Crippen MR) is 65.6 cm³/mol. The van der Waals surface area contributed by atoms with Crippen LogP contribution >= 0.6 is 11.8 Å². The molecule has 0 aliphatic carbocycles. The van der Waals surface area contributed by atoms with Crippen molar-refractivity contribution >= 4 is 23.6 Å². The zero-order chi connectivity index (χ0) is 13.1. The topological polar surface area (TPSA) is 94.1 Å². The van der Waals surface area contributed by atoms with E-state index in [1.807, 2.05) is 11.6 Å². The highest BCUT2D eigenvalue weighted by atomic mass is 32.2. The Bertz CT molecular complexity index is 457. The molecule has 1 fully saturated rings. The smallest absolute Gasteiger partial charge is 0.229 e.